The average molecular weight is 477 g/mol. The lowest BCUT2D eigenvalue weighted by atomic mass is 9.99. The number of carboxylic acids is 1. The molecule has 1 aromatic rings. The number of esters is 1. The maximum atomic E-state index is 11.3. The van der Waals surface area contributed by atoms with E-state index in [4.69, 9.17) is 14.9 Å². The molecule has 6 heteroatoms. The van der Waals surface area contributed by atoms with Gasteiger partial charge >= 0.3 is 11.9 Å². The standard InChI is InChI=1S/C18H32O2.C10H12O4/c19-18(20)16-10-8-6-4-2-1-3-5-7-9-13-17-14-11-12-15-17;1-3-14-10(13)9-6(2)4-7(11)5-8(9)12/h11,14,17H,1-10,12-13,15-16H2,(H,19,20);4-5,11-12H,3H2,1-2H3. The summed E-state index contributed by atoms with van der Waals surface area (Å²) >= 11 is 0. The van der Waals surface area contributed by atoms with Gasteiger partial charge in [-0.1, -0.05) is 69.9 Å². The molecule has 0 aromatic heterocycles. The number of hydrogen-bond acceptors (Lipinski definition) is 5. The number of carbonyl (C=O) groups is 2. The van der Waals surface area contributed by atoms with E-state index in [1.807, 2.05) is 0 Å². The van der Waals surface area contributed by atoms with Crippen molar-refractivity contribution in [3.63, 3.8) is 0 Å². The lowest BCUT2D eigenvalue weighted by Crippen LogP contribution is -2.06. The van der Waals surface area contributed by atoms with Crippen LogP contribution in [0.25, 0.3) is 0 Å². The third-order valence-corrected chi connectivity index (χ3v) is 6.11. The van der Waals surface area contributed by atoms with Crippen LogP contribution < -0.4 is 0 Å². The fourth-order valence-electron chi connectivity index (χ4n) is 4.25. The molecular formula is C28H44O6. The monoisotopic (exact) mass is 476 g/mol. The first-order valence-corrected chi connectivity index (χ1v) is 12.9. The molecule has 1 aliphatic carbocycles. The highest BCUT2D eigenvalue weighted by molar-refractivity contribution is 5.94. The highest BCUT2D eigenvalue weighted by Crippen LogP contribution is 2.27. The van der Waals surface area contributed by atoms with Gasteiger partial charge in [0.1, 0.15) is 17.1 Å². The Morgan fingerprint density at radius 3 is 2.03 bits per heavy atom. The fourth-order valence-corrected chi connectivity index (χ4v) is 4.25. The molecule has 34 heavy (non-hydrogen) atoms. The summed E-state index contributed by atoms with van der Waals surface area (Å²) in [6.45, 7) is 3.55. The number of unbranched alkanes of at least 4 members (excludes halogenated alkanes) is 9. The predicted molar refractivity (Wildman–Crippen MR) is 135 cm³/mol. The topological polar surface area (TPSA) is 104 Å². The quantitative estimate of drug-likeness (QED) is 0.139. The molecule has 1 aliphatic rings. The SMILES string of the molecule is CCOC(=O)c1c(C)cc(O)cc1O.O=C(O)CCCCCCCCCCCCC1C=CCC1. The Morgan fingerprint density at radius 1 is 0.941 bits per heavy atom. The third-order valence-electron chi connectivity index (χ3n) is 6.11. The first-order valence-electron chi connectivity index (χ1n) is 12.9. The van der Waals surface area contributed by atoms with Crippen LogP contribution in [0.2, 0.25) is 0 Å². The van der Waals surface area contributed by atoms with E-state index >= 15 is 0 Å². The maximum Gasteiger partial charge on any atom is 0.342 e. The molecule has 0 heterocycles. The van der Waals surface area contributed by atoms with E-state index in [0.29, 0.717) is 12.0 Å². The van der Waals surface area contributed by atoms with Gasteiger partial charge in [-0.25, -0.2) is 4.79 Å². The van der Waals surface area contributed by atoms with Gasteiger partial charge in [-0.15, -0.1) is 0 Å². The minimum absolute atomic E-state index is 0.0759. The molecule has 192 valence electrons. The summed E-state index contributed by atoms with van der Waals surface area (Å²) in [5.41, 5.74) is 0.589. The molecule has 0 bridgehead atoms. The van der Waals surface area contributed by atoms with Crippen molar-refractivity contribution in [2.24, 2.45) is 5.92 Å². The van der Waals surface area contributed by atoms with Gasteiger partial charge in [0.05, 0.1) is 6.61 Å². The van der Waals surface area contributed by atoms with Crippen molar-refractivity contribution in [2.75, 3.05) is 6.61 Å². The van der Waals surface area contributed by atoms with E-state index in [9.17, 15) is 14.7 Å². The number of phenols is 2. The van der Waals surface area contributed by atoms with Crippen LogP contribution in [0.3, 0.4) is 0 Å². The average Bonchev–Trinajstić information content (AvgIpc) is 3.28. The summed E-state index contributed by atoms with van der Waals surface area (Å²) in [6.07, 6.45) is 21.9. The molecule has 2 rings (SSSR count). The van der Waals surface area contributed by atoms with E-state index in [0.717, 1.165) is 24.8 Å². The van der Waals surface area contributed by atoms with Crippen molar-refractivity contribution in [1.82, 2.24) is 0 Å². The van der Waals surface area contributed by atoms with Gasteiger partial charge in [0.2, 0.25) is 0 Å². The minimum Gasteiger partial charge on any atom is -0.508 e. The number of aliphatic carboxylic acids is 1. The Balaban J connectivity index is 0.000000362. The second-order valence-corrected chi connectivity index (χ2v) is 9.11. The van der Waals surface area contributed by atoms with Crippen molar-refractivity contribution in [2.45, 2.75) is 104 Å². The zero-order valence-electron chi connectivity index (χ0n) is 21.1. The number of allylic oxidation sites excluding steroid dienone is 2. The lowest BCUT2D eigenvalue weighted by Gasteiger charge is -2.07. The number of carbonyl (C=O) groups excluding carboxylic acids is 1. The van der Waals surface area contributed by atoms with E-state index in [-0.39, 0.29) is 23.7 Å². The number of ether oxygens (including phenoxy) is 1. The molecule has 0 saturated heterocycles. The molecule has 6 nitrogen and oxygen atoms in total. The van der Waals surface area contributed by atoms with Crippen LogP contribution >= 0.6 is 0 Å². The third kappa shape index (κ3) is 13.3. The van der Waals surface area contributed by atoms with E-state index in [1.165, 1.54) is 76.7 Å². The van der Waals surface area contributed by atoms with Crippen LogP contribution in [-0.2, 0) is 9.53 Å². The molecule has 1 unspecified atom stereocenters. The molecule has 0 radical (unpaired) electrons. The molecule has 0 saturated carbocycles. The van der Waals surface area contributed by atoms with Gasteiger partial charge in [0.25, 0.3) is 0 Å². The van der Waals surface area contributed by atoms with Crippen LogP contribution in [0.15, 0.2) is 24.3 Å². The zero-order chi connectivity index (χ0) is 25.2. The smallest absolute Gasteiger partial charge is 0.342 e. The molecule has 3 N–H and O–H groups in total. The van der Waals surface area contributed by atoms with Gasteiger partial charge in [-0.3, -0.25) is 4.79 Å². The van der Waals surface area contributed by atoms with Crippen LogP contribution in [0.5, 0.6) is 11.5 Å². The predicted octanol–water partition coefficient (Wildman–Crippen LogP) is 7.30. The molecular weight excluding hydrogens is 432 g/mol. The number of phenolic OH excluding ortho intramolecular Hbond substituents is 2. The van der Waals surface area contributed by atoms with Gasteiger partial charge in [0.15, 0.2) is 0 Å². The molecule has 1 aromatic carbocycles. The van der Waals surface area contributed by atoms with Crippen molar-refractivity contribution >= 4 is 11.9 Å². The van der Waals surface area contributed by atoms with Crippen LogP contribution in [0.1, 0.15) is 113 Å². The zero-order valence-corrected chi connectivity index (χ0v) is 21.1. The first kappa shape index (κ1) is 29.5. The minimum atomic E-state index is -0.655. The van der Waals surface area contributed by atoms with Gasteiger partial charge < -0.3 is 20.1 Å². The molecule has 0 spiro atoms. The Kier molecular flexibility index (Phi) is 15.6. The molecule has 0 aliphatic heterocycles. The van der Waals surface area contributed by atoms with Crippen molar-refractivity contribution in [1.29, 1.82) is 0 Å². The Hall–Kier alpha value is -2.50. The van der Waals surface area contributed by atoms with E-state index < -0.39 is 11.9 Å². The number of carboxylic acid groups (broad SMARTS) is 1. The summed E-state index contributed by atoms with van der Waals surface area (Å²) < 4.78 is 4.75. The molecule has 0 fully saturated rings. The first-order chi connectivity index (χ1) is 16.3. The highest BCUT2D eigenvalue weighted by atomic mass is 16.5. The lowest BCUT2D eigenvalue weighted by molar-refractivity contribution is -0.137. The van der Waals surface area contributed by atoms with Gasteiger partial charge in [-0.05, 0) is 57.1 Å². The van der Waals surface area contributed by atoms with Crippen LogP contribution in [0.4, 0.5) is 0 Å². The number of rotatable bonds is 15. The summed E-state index contributed by atoms with van der Waals surface area (Å²) in [7, 11) is 0. The van der Waals surface area contributed by atoms with Crippen molar-refractivity contribution < 1.29 is 29.6 Å². The van der Waals surface area contributed by atoms with Crippen LogP contribution in [-0.4, -0.2) is 33.9 Å². The molecule has 0 amide bonds. The normalized spacial score (nSPS) is 14.5. The Bertz CT molecular complexity index is 732. The van der Waals surface area contributed by atoms with E-state index in [2.05, 4.69) is 12.2 Å². The number of benzene rings is 1. The largest absolute Gasteiger partial charge is 0.508 e. The maximum absolute atomic E-state index is 11.3. The summed E-state index contributed by atoms with van der Waals surface area (Å²) in [4.78, 5) is 21.7. The summed E-state index contributed by atoms with van der Waals surface area (Å²) in [5.74, 6) is -0.685. The Labute approximate surface area is 205 Å². The summed E-state index contributed by atoms with van der Waals surface area (Å²) in [5, 5.41) is 27.0. The summed E-state index contributed by atoms with van der Waals surface area (Å²) in [6, 6.07) is 2.51. The van der Waals surface area contributed by atoms with Crippen molar-refractivity contribution in [3.05, 3.63) is 35.4 Å². The second-order valence-electron chi connectivity index (χ2n) is 9.11. The second kappa shape index (κ2) is 17.9. The Morgan fingerprint density at radius 2 is 1.53 bits per heavy atom. The van der Waals surface area contributed by atoms with Crippen molar-refractivity contribution in [3.8, 4) is 11.5 Å². The fraction of sp³-hybridized carbons (Fsp3) is 0.643. The van der Waals surface area contributed by atoms with Gasteiger partial charge in [-0.2, -0.15) is 0 Å². The number of hydrogen-bond donors (Lipinski definition) is 3. The number of aromatic hydroxyl groups is 2. The highest BCUT2D eigenvalue weighted by Gasteiger charge is 2.16. The number of aryl methyl sites for hydroxylation is 1. The van der Waals surface area contributed by atoms with Crippen LogP contribution in [0, 0.1) is 12.8 Å². The van der Waals surface area contributed by atoms with E-state index in [1.54, 1.807) is 13.8 Å². The van der Waals surface area contributed by atoms with Gasteiger partial charge in [0, 0.05) is 12.5 Å². The molecule has 1 atom stereocenters.